The standard InChI is InChI=1S/C9H13N.3C6H5.2C4H8N2O2.Co.Sn/c1-9(2,3)8-4-6-10-7-5-8;3*1-2-4-6-5-3-1;2*1-3(5-7)4(2)6-8;;/h4-7H,1-3H3;3*1-5H;2*7-8H,1-2H3;;/b;;;;5-3+,6-4+;5-3-,6-4+;;. The van der Waals surface area contributed by atoms with Crippen molar-refractivity contribution in [2.24, 2.45) is 20.6 Å². The summed E-state index contributed by atoms with van der Waals surface area (Å²) in [6.07, 6.45) is 3.67. The van der Waals surface area contributed by atoms with Crippen molar-refractivity contribution in [2.75, 3.05) is 0 Å². The molecule has 46 heavy (non-hydrogen) atoms. The van der Waals surface area contributed by atoms with Gasteiger partial charge >= 0.3 is 121 Å². The fourth-order valence-electron chi connectivity index (χ4n) is 3.46. The number of benzene rings is 3. The Hall–Kier alpha value is -4.00. The topological polar surface area (TPSA) is 143 Å². The van der Waals surface area contributed by atoms with Gasteiger partial charge in [-0.2, -0.15) is 0 Å². The van der Waals surface area contributed by atoms with E-state index in [2.05, 4.69) is 150 Å². The van der Waals surface area contributed by atoms with E-state index in [1.807, 2.05) is 12.4 Å². The quantitative estimate of drug-likeness (QED) is 0.0858. The van der Waals surface area contributed by atoms with Crippen molar-refractivity contribution >= 4 is 53.3 Å². The molecule has 11 heteroatoms. The molecule has 0 fully saturated rings. The van der Waals surface area contributed by atoms with E-state index < -0.39 is 19.8 Å². The molecule has 246 valence electrons. The summed E-state index contributed by atoms with van der Waals surface area (Å²) in [4.78, 5) is 3.96. The number of nitrogens with zero attached hydrogens (tertiary/aromatic N) is 5. The Kier molecular flexibility index (Phi) is 21.3. The molecule has 2 radical (unpaired) electrons. The molecule has 0 atom stereocenters. The van der Waals surface area contributed by atoms with Crippen LogP contribution in [0.25, 0.3) is 0 Å². The average Bonchev–Trinajstić information content (AvgIpc) is 3.09. The summed E-state index contributed by atoms with van der Waals surface area (Å²) < 4.78 is 4.59. The van der Waals surface area contributed by atoms with Crippen LogP contribution in [-0.4, -0.2) is 68.4 Å². The second kappa shape index (κ2) is 23.3. The molecule has 0 aliphatic carbocycles. The minimum atomic E-state index is -1.98. The number of aromatic nitrogens is 1. The molecule has 0 bridgehead atoms. The molecule has 1 aromatic heterocycles. The monoisotopic (exact) mass is 777 g/mol. The van der Waals surface area contributed by atoms with Gasteiger partial charge in [-0.25, -0.2) is 0 Å². The third-order valence-electron chi connectivity index (χ3n) is 6.38. The van der Waals surface area contributed by atoms with Crippen molar-refractivity contribution in [3.8, 4) is 0 Å². The number of rotatable bonds is 5. The van der Waals surface area contributed by atoms with Gasteiger partial charge in [-0.1, -0.05) is 41.4 Å². The van der Waals surface area contributed by atoms with Crippen LogP contribution in [0.4, 0.5) is 0 Å². The summed E-state index contributed by atoms with van der Waals surface area (Å²) in [5, 5.41) is 43.3. The first kappa shape index (κ1) is 42.0. The molecule has 9 nitrogen and oxygen atoms in total. The van der Waals surface area contributed by atoms with Crippen molar-refractivity contribution in [1.29, 1.82) is 0 Å². The SMILES string of the molecule is CC(=N/O)/C(C)=N/O.CC(=N\O)/C(C)=N/O.CC(C)(C)c1ccncc1.[Co].c1cc[c]([Sn]([c]2ccccc2)[c]2ccccc2)cc1. The van der Waals surface area contributed by atoms with Crippen molar-refractivity contribution in [1.82, 2.24) is 4.98 Å². The molecule has 3 aromatic carbocycles. The Labute approximate surface area is 290 Å². The molecular weight excluding hydrogens is 732 g/mol. The van der Waals surface area contributed by atoms with Crippen molar-refractivity contribution in [3.05, 3.63) is 121 Å². The van der Waals surface area contributed by atoms with Gasteiger partial charge in [0.05, 0.1) is 0 Å². The Morgan fingerprint density at radius 1 is 0.500 bits per heavy atom. The van der Waals surface area contributed by atoms with Crippen LogP contribution < -0.4 is 10.7 Å². The molecule has 0 unspecified atom stereocenters. The van der Waals surface area contributed by atoms with Gasteiger partial charge in [0.2, 0.25) is 0 Å². The Balaban J connectivity index is 0.000000641. The molecule has 0 saturated heterocycles. The van der Waals surface area contributed by atoms with Crippen LogP contribution in [0.5, 0.6) is 0 Å². The van der Waals surface area contributed by atoms with Gasteiger partial charge in [-0.3, -0.25) is 4.98 Å². The van der Waals surface area contributed by atoms with Gasteiger partial charge in [0.1, 0.15) is 22.8 Å². The normalized spacial score (nSPS) is 11.8. The number of hydrogen-bond acceptors (Lipinski definition) is 9. The van der Waals surface area contributed by atoms with E-state index in [-0.39, 0.29) is 22.2 Å². The average molecular weight is 776 g/mol. The van der Waals surface area contributed by atoms with Gasteiger partial charge in [0.15, 0.2) is 0 Å². The molecule has 4 rings (SSSR count). The fourth-order valence-corrected chi connectivity index (χ4v) is 10.8. The number of pyridine rings is 1. The third-order valence-corrected chi connectivity index (χ3v) is 14.2. The molecular formula is C35H44CoN5O4Sn. The maximum atomic E-state index is 8.03. The summed E-state index contributed by atoms with van der Waals surface area (Å²) >= 11 is -1.98. The van der Waals surface area contributed by atoms with Crippen LogP contribution in [0.3, 0.4) is 0 Å². The van der Waals surface area contributed by atoms with E-state index in [4.69, 9.17) is 20.8 Å². The molecule has 1 heterocycles. The minimum absolute atomic E-state index is 0. The van der Waals surface area contributed by atoms with Crippen LogP contribution in [0.1, 0.15) is 54.0 Å². The number of oxime groups is 4. The molecule has 0 aliphatic rings. The third kappa shape index (κ3) is 15.8. The molecule has 0 amide bonds. The van der Waals surface area contributed by atoms with E-state index in [9.17, 15) is 0 Å². The summed E-state index contributed by atoms with van der Waals surface area (Å²) in [5.74, 6) is 0. The van der Waals surface area contributed by atoms with Gasteiger partial charge in [0, 0.05) is 29.2 Å². The molecule has 0 aliphatic heterocycles. The molecule has 0 spiro atoms. The van der Waals surface area contributed by atoms with E-state index in [0.717, 1.165) is 0 Å². The molecule has 0 saturated carbocycles. The number of hydrogen-bond donors (Lipinski definition) is 4. The maximum absolute atomic E-state index is 8.03. The Bertz CT molecular complexity index is 1340. The summed E-state index contributed by atoms with van der Waals surface area (Å²) in [6.45, 7) is 12.7. The molecule has 4 aromatic rings. The van der Waals surface area contributed by atoms with Crippen LogP contribution in [0.2, 0.25) is 0 Å². The zero-order chi connectivity index (χ0) is 33.7. The van der Waals surface area contributed by atoms with E-state index in [0.29, 0.717) is 22.8 Å². The van der Waals surface area contributed by atoms with E-state index in [1.54, 1.807) is 0 Å². The summed E-state index contributed by atoms with van der Waals surface area (Å²) in [5.41, 5.74) is 2.84. The van der Waals surface area contributed by atoms with E-state index >= 15 is 0 Å². The van der Waals surface area contributed by atoms with E-state index in [1.165, 1.54) is 44.0 Å². The van der Waals surface area contributed by atoms with Crippen LogP contribution >= 0.6 is 0 Å². The summed E-state index contributed by atoms with van der Waals surface area (Å²) in [7, 11) is 0. The van der Waals surface area contributed by atoms with Gasteiger partial charge in [0.25, 0.3) is 0 Å². The fraction of sp³-hybridized carbons (Fsp3) is 0.229. The molecule has 4 N–H and O–H groups in total. The predicted octanol–water partition coefficient (Wildman–Crippen LogP) is 5.95. The van der Waals surface area contributed by atoms with Crippen LogP contribution in [0, 0.1) is 0 Å². The summed E-state index contributed by atoms with van der Waals surface area (Å²) in [6, 6.07) is 37.0. The zero-order valence-corrected chi connectivity index (χ0v) is 31.2. The zero-order valence-electron chi connectivity index (χ0n) is 27.3. The van der Waals surface area contributed by atoms with Crippen LogP contribution in [0.15, 0.2) is 136 Å². The first-order valence-corrected chi connectivity index (χ1v) is 18.5. The first-order chi connectivity index (χ1) is 21.5. The van der Waals surface area contributed by atoms with Crippen molar-refractivity contribution in [2.45, 2.75) is 53.9 Å². The van der Waals surface area contributed by atoms with Crippen molar-refractivity contribution < 1.29 is 37.6 Å². The van der Waals surface area contributed by atoms with Gasteiger partial charge in [-0.15, -0.1) is 0 Å². The first-order valence-electron chi connectivity index (χ1n) is 14.2. The van der Waals surface area contributed by atoms with Gasteiger partial charge in [-0.05, 0) is 50.8 Å². The van der Waals surface area contributed by atoms with Crippen molar-refractivity contribution in [3.63, 3.8) is 0 Å². The second-order valence-corrected chi connectivity index (χ2v) is 17.8. The predicted molar refractivity (Wildman–Crippen MR) is 187 cm³/mol. The van der Waals surface area contributed by atoms with Crippen LogP contribution in [-0.2, 0) is 22.2 Å². The van der Waals surface area contributed by atoms with Gasteiger partial charge < -0.3 is 20.8 Å². The Morgan fingerprint density at radius 2 is 0.761 bits per heavy atom. The Morgan fingerprint density at radius 3 is 0.957 bits per heavy atom. The second-order valence-electron chi connectivity index (χ2n) is 10.7.